The van der Waals surface area contributed by atoms with Gasteiger partial charge in [0.25, 0.3) is 0 Å². The molecule has 6 aliphatic rings. The van der Waals surface area contributed by atoms with E-state index in [9.17, 15) is 24.6 Å². The van der Waals surface area contributed by atoms with Crippen molar-refractivity contribution in [2.75, 3.05) is 6.61 Å². The Bertz CT molecular complexity index is 1160. The number of ketones is 2. The van der Waals surface area contributed by atoms with Crippen LogP contribution in [0.1, 0.15) is 79.6 Å². The summed E-state index contributed by atoms with van der Waals surface area (Å²) in [6, 6.07) is 0. The van der Waals surface area contributed by atoms with Crippen LogP contribution in [0.3, 0.4) is 0 Å². The highest BCUT2D eigenvalue weighted by Crippen LogP contribution is 2.94. The van der Waals surface area contributed by atoms with Crippen LogP contribution in [0.5, 0.6) is 0 Å². The summed E-state index contributed by atoms with van der Waals surface area (Å²) in [5.74, 6) is -0.792. The van der Waals surface area contributed by atoms with E-state index in [4.69, 9.17) is 4.74 Å². The van der Waals surface area contributed by atoms with E-state index in [0.29, 0.717) is 11.7 Å². The number of allylic oxidation sites excluding steroid dienone is 2. The van der Waals surface area contributed by atoms with Crippen LogP contribution in [-0.2, 0) is 19.1 Å². The molecule has 3 spiro atoms. The monoisotopic (exact) mass is 524 g/mol. The third-order valence-corrected chi connectivity index (χ3v) is 13.5. The van der Waals surface area contributed by atoms with Gasteiger partial charge in [-0.05, 0) is 90.1 Å². The van der Waals surface area contributed by atoms with Crippen LogP contribution in [-0.4, -0.2) is 46.6 Å². The first kappa shape index (κ1) is 26.4. The van der Waals surface area contributed by atoms with E-state index < -0.39 is 23.7 Å². The van der Waals surface area contributed by atoms with Crippen LogP contribution in [0.4, 0.5) is 0 Å². The van der Waals surface area contributed by atoms with Gasteiger partial charge in [0.2, 0.25) is 0 Å². The quantitative estimate of drug-likeness (QED) is 0.378. The van der Waals surface area contributed by atoms with E-state index in [1.807, 2.05) is 13.0 Å². The number of aliphatic hydroxyl groups is 2. The highest BCUT2D eigenvalue weighted by Gasteiger charge is 2.89. The summed E-state index contributed by atoms with van der Waals surface area (Å²) in [4.78, 5) is 38.1. The van der Waals surface area contributed by atoms with Crippen LogP contribution in [0.15, 0.2) is 24.3 Å². The minimum Gasteiger partial charge on any atom is -0.462 e. The van der Waals surface area contributed by atoms with Crippen LogP contribution in [0, 0.1) is 56.7 Å². The minimum atomic E-state index is -1.27. The molecule has 5 fully saturated rings. The van der Waals surface area contributed by atoms with Crippen molar-refractivity contribution in [2.45, 2.75) is 91.8 Å². The standard InChI is InChI=1S/C32H44O6/c1-17(15-33)18(2)26(36)27(37)19(3)25-23(38-20(4)34)14-29(6)24-8-9-30-13-21(30)22(35)7-10-32(30)16-31(24,32)12-11-28(25,29)5/h7,10,17,19,21,23-25,27,33,37H,2,8-9,11-16H2,1,3-6H3/t17-,19-,21+,23-,24-,25-,27+,28+,29-,30+,31-,32+/m0/s1. The predicted molar refractivity (Wildman–Crippen MR) is 142 cm³/mol. The summed E-state index contributed by atoms with van der Waals surface area (Å²) in [5, 5.41) is 20.9. The number of carbonyl (C=O) groups excluding carboxylic acids is 3. The number of hydrogen-bond acceptors (Lipinski definition) is 6. The SMILES string of the molecule is C=C(C(=O)[C@H](O)[C@@H](C)[C@H]1[C@@H](OC(C)=O)C[C@@]2(C)[C@@H]3CC[C@@]45C[C@@H]4C(=O)C=C[C@@]54C[C@@]34CC[C@]12C)[C@@H](C)CO. The van der Waals surface area contributed by atoms with Crippen molar-refractivity contribution in [3.63, 3.8) is 0 Å². The zero-order valence-corrected chi connectivity index (χ0v) is 23.6. The van der Waals surface area contributed by atoms with E-state index >= 15 is 0 Å². The molecule has 0 unspecified atom stereocenters. The zero-order chi connectivity index (χ0) is 27.6. The second-order valence-electron chi connectivity index (χ2n) is 14.5. The topological polar surface area (TPSA) is 101 Å². The molecular weight excluding hydrogens is 480 g/mol. The van der Waals surface area contributed by atoms with Gasteiger partial charge in [0.05, 0.1) is 0 Å². The summed E-state index contributed by atoms with van der Waals surface area (Å²) >= 11 is 0. The molecule has 0 aromatic rings. The Hall–Kier alpha value is -1.79. The molecule has 0 radical (unpaired) electrons. The molecule has 208 valence electrons. The molecule has 0 bridgehead atoms. The lowest BCUT2D eigenvalue weighted by molar-refractivity contribution is -0.154. The van der Waals surface area contributed by atoms with Crippen molar-refractivity contribution in [3.05, 3.63) is 24.3 Å². The normalized spacial score (nSPS) is 49.8. The Kier molecular flexibility index (Phi) is 5.50. The molecule has 6 nitrogen and oxygen atoms in total. The third-order valence-electron chi connectivity index (χ3n) is 13.5. The Balaban J connectivity index is 1.35. The van der Waals surface area contributed by atoms with E-state index in [-0.39, 0.29) is 63.2 Å². The molecular formula is C32H44O6. The number of rotatable bonds is 7. The lowest BCUT2D eigenvalue weighted by atomic mass is 9.43. The maximum Gasteiger partial charge on any atom is 0.302 e. The van der Waals surface area contributed by atoms with Gasteiger partial charge in [-0.25, -0.2) is 0 Å². The number of hydrogen-bond donors (Lipinski definition) is 2. The van der Waals surface area contributed by atoms with E-state index in [2.05, 4.69) is 26.5 Å². The smallest absolute Gasteiger partial charge is 0.302 e. The molecule has 6 heteroatoms. The van der Waals surface area contributed by atoms with Crippen molar-refractivity contribution in [1.82, 2.24) is 0 Å². The molecule has 0 aliphatic heterocycles. The third kappa shape index (κ3) is 2.89. The van der Waals surface area contributed by atoms with Crippen LogP contribution < -0.4 is 0 Å². The molecule has 0 saturated heterocycles. The van der Waals surface area contributed by atoms with E-state index in [1.54, 1.807) is 6.92 Å². The summed E-state index contributed by atoms with van der Waals surface area (Å²) in [6.45, 7) is 13.5. The van der Waals surface area contributed by atoms with Gasteiger partial charge in [-0.2, -0.15) is 0 Å². The lowest BCUT2D eigenvalue weighted by Gasteiger charge is -2.61. The van der Waals surface area contributed by atoms with Crippen molar-refractivity contribution >= 4 is 17.5 Å². The maximum atomic E-state index is 13.2. The molecule has 6 rings (SSSR count). The second-order valence-corrected chi connectivity index (χ2v) is 14.5. The molecule has 5 saturated carbocycles. The number of aliphatic hydroxyl groups excluding tert-OH is 2. The molecule has 6 aliphatic carbocycles. The molecule has 0 aromatic carbocycles. The van der Waals surface area contributed by atoms with Crippen molar-refractivity contribution in [2.24, 2.45) is 56.7 Å². The number of carbonyl (C=O) groups is 3. The number of Topliss-reactive ketones (excluding diaryl/α,β-unsaturated/α-hetero) is 1. The average molecular weight is 525 g/mol. The van der Waals surface area contributed by atoms with Gasteiger partial charge < -0.3 is 14.9 Å². The predicted octanol–water partition coefficient (Wildman–Crippen LogP) is 4.43. The molecule has 0 amide bonds. The Morgan fingerprint density at radius 1 is 1.13 bits per heavy atom. The van der Waals surface area contributed by atoms with Gasteiger partial charge >= 0.3 is 5.97 Å². The number of ether oxygens (including phenoxy) is 1. The summed E-state index contributed by atoms with van der Waals surface area (Å²) < 4.78 is 6.02. The van der Waals surface area contributed by atoms with E-state index in [0.717, 1.165) is 44.9 Å². The van der Waals surface area contributed by atoms with Crippen LogP contribution in [0.2, 0.25) is 0 Å². The largest absolute Gasteiger partial charge is 0.462 e. The van der Waals surface area contributed by atoms with Gasteiger partial charge in [-0.3, -0.25) is 14.4 Å². The first-order valence-corrected chi connectivity index (χ1v) is 14.7. The van der Waals surface area contributed by atoms with Gasteiger partial charge in [0.15, 0.2) is 11.6 Å². The Labute approximate surface area is 226 Å². The van der Waals surface area contributed by atoms with E-state index in [1.165, 1.54) is 6.92 Å². The first-order valence-electron chi connectivity index (χ1n) is 14.7. The van der Waals surface area contributed by atoms with Crippen LogP contribution in [0.25, 0.3) is 0 Å². The lowest BCUT2D eigenvalue weighted by Crippen LogP contribution is -2.55. The summed E-state index contributed by atoms with van der Waals surface area (Å²) in [6.07, 6.45) is 9.67. The average Bonchev–Trinajstić information content (AvgIpc) is 3.75. The Morgan fingerprint density at radius 2 is 1.84 bits per heavy atom. The summed E-state index contributed by atoms with van der Waals surface area (Å²) in [5.41, 5.74) is 0.405. The molecule has 12 atom stereocenters. The molecule has 0 heterocycles. The number of esters is 1. The zero-order valence-electron chi connectivity index (χ0n) is 23.6. The van der Waals surface area contributed by atoms with Gasteiger partial charge in [-0.1, -0.05) is 40.3 Å². The fraction of sp³-hybridized carbons (Fsp3) is 0.781. The fourth-order valence-electron chi connectivity index (χ4n) is 11.3. The first-order chi connectivity index (χ1) is 17.8. The van der Waals surface area contributed by atoms with Crippen molar-refractivity contribution in [3.8, 4) is 0 Å². The van der Waals surface area contributed by atoms with Crippen LogP contribution >= 0.6 is 0 Å². The van der Waals surface area contributed by atoms with Crippen molar-refractivity contribution in [1.29, 1.82) is 0 Å². The molecule has 0 aromatic heterocycles. The fourth-order valence-corrected chi connectivity index (χ4v) is 11.3. The summed E-state index contributed by atoms with van der Waals surface area (Å²) in [7, 11) is 0. The van der Waals surface area contributed by atoms with Gasteiger partial charge in [-0.15, -0.1) is 0 Å². The molecule has 2 N–H and O–H groups in total. The maximum absolute atomic E-state index is 13.2. The second kappa shape index (κ2) is 7.90. The highest BCUT2D eigenvalue weighted by atomic mass is 16.5. The van der Waals surface area contributed by atoms with Gasteiger partial charge in [0.1, 0.15) is 12.2 Å². The minimum absolute atomic E-state index is 0.118. The molecule has 38 heavy (non-hydrogen) atoms. The van der Waals surface area contributed by atoms with Crippen molar-refractivity contribution < 1.29 is 29.3 Å². The Morgan fingerprint density at radius 3 is 2.50 bits per heavy atom. The van der Waals surface area contributed by atoms with Gasteiger partial charge in [0, 0.05) is 36.7 Å². The number of fused-ring (bicyclic) bond motifs is 2. The highest BCUT2D eigenvalue weighted by molar-refractivity contribution is 5.98.